The number of amides is 2. The summed E-state index contributed by atoms with van der Waals surface area (Å²) in [6.07, 6.45) is -3.55. The monoisotopic (exact) mass is 377 g/mol. The van der Waals surface area contributed by atoms with Gasteiger partial charge >= 0.3 is 0 Å². The van der Waals surface area contributed by atoms with Gasteiger partial charge in [-0.3, -0.25) is 9.59 Å². The van der Waals surface area contributed by atoms with Crippen molar-refractivity contribution in [1.29, 1.82) is 0 Å². The second kappa shape index (κ2) is 9.79. The molecule has 0 aliphatic heterocycles. The molecule has 142 valence electrons. The van der Waals surface area contributed by atoms with E-state index in [2.05, 4.69) is 29.0 Å². The molecule has 0 heterocycles. The minimum atomic E-state index is -1.61. The normalized spacial score (nSPS) is 11.8. The summed E-state index contributed by atoms with van der Waals surface area (Å²) >= 11 is 0. The molecule has 2 aromatic rings. The highest BCUT2D eigenvalue weighted by molar-refractivity contribution is 5.94. The Bertz CT molecular complexity index is 961. The quantitative estimate of drug-likeness (QED) is 0.283. The summed E-state index contributed by atoms with van der Waals surface area (Å²) in [6, 6.07) is 13.4. The number of nitrogens with one attached hydrogen (secondary N) is 1. The highest BCUT2D eigenvalue weighted by Crippen LogP contribution is 2.05. The predicted octanol–water partition coefficient (Wildman–Crippen LogP) is -0.0435. The number of nitrogens with two attached hydrogens (primary N) is 2. The zero-order valence-corrected chi connectivity index (χ0v) is 14.8. The van der Waals surface area contributed by atoms with Gasteiger partial charge in [0, 0.05) is 22.4 Å². The number of primary amides is 1. The fourth-order valence-electron chi connectivity index (χ4n) is 2.11. The zero-order chi connectivity index (χ0) is 20.5. The average molecular weight is 377 g/mol. The van der Waals surface area contributed by atoms with Gasteiger partial charge in [-0.1, -0.05) is 11.8 Å². The number of carbonyl (C=O) groups is 2. The lowest BCUT2D eigenvalue weighted by atomic mass is 10.1. The van der Waals surface area contributed by atoms with E-state index in [0.29, 0.717) is 11.3 Å². The topological polar surface area (TPSA) is 139 Å². The molecule has 0 saturated heterocycles. The third kappa shape index (κ3) is 6.50. The van der Waals surface area contributed by atoms with Gasteiger partial charge < -0.3 is 27.0 Å². The van der Waals surface area contributed by atoms with Crippen molar-refractivity contribution in [2.24, 2.45) is 5.73 Å². The van der Waals surface area contributed by atoms with E-state index in [9.17, 15) is 19.8 Å². The lowest BCUT2D eigenvalue weighted by molar-refractivity contribution is -0.122. The molecule has 0 aliphatic carbocycles. The van der Waals surface area contributed by atoms with Crippen LogP contribution in [0.25, 0.3) is 0 Å². The molecule has 7 nitrogen and oxygen atoms in total. The van der Waals surface area contributed by atoms with Crippen LogP contribution in [0.1, 0.15) is 27.9 Å². The molecule has 0 aromatic heterocycles. The summed E-state index contributed by atoms with van der Waals surface area (Å²) in [5, 5.41) is 21.4. The van der Waals surface area contributed by atoms with E-state index in [1.54, 1.807) is 36.4 Å². The van der Waals surface area contributed by atoms with Gasteiger partial charge in [0.15, 0.2) is 6.23 Å². The van der Waals surface area contributed by atoms with Gasteiger partial charge in [-0.2, -0.15) is 0 Å². The summed E-state index contributed by atoms with van der Waals surface area (Å²) in [5.41, 5.74) is 12.9. The molecule has 7 heteroatoms. The van der Waals surface area contributed by atoms with Gasteiger partial charge in [0.1, 0.15) is 6.10 Å². The maximum atomic E-state index is 12.0. The molecule has 7 N–H and O–H groups in total. The van der Waals surface area contributed by atoms with Crippen molar-refractivity contribution in [2.45, 2.75) is 18.8 Å². The Labute approximate surface area is 162 Å². The standard InChI is InChI=1S/C21H19N3O4/c22-17-11-7-15(8-12-17)4-2-1-3-14-5-9-16(10-6-14)20(27)24-21(28)18(25)13-19(23)26/h5-12,18,21,25,28H,13,22H2,(H2,23,26)(H,24,27). The van der Waals surface area contributed by atoms with Crippen LogP contribution >= 0.6 is 0 Å². The first-order valence-electron chi connectivity index (χ1n) is 8.28. The molecule has 0 saturated carbocycles. The molecule has 0 radical (unpaired) electrons. The van der Waals surface area contributed by atoms with Crippen LogP contribution < -0.4 is 16.8 Å². The van der Waals surface area contributed by atoms with Crippen molar-refractivity contribution < 1.29 is 19.8 Å². The van der Waals surface area contributed by atoms with Crippen LogP contribution in [-0.2, 0) is 4.79 Å². The van der Waals surface area contributed by atoms with Gasteiger partial charge in [-0.05, 0) is 60.4 Å². The number of benzene rings is 2. The number of aliphatic hydroxyl groups is 2. The van der Waals surface area contributed by atoms with Crippen LogP contribution in [0.15, 0.2) is 48.5 Å². The highest BCUT2D eigenvalue weighted by Gasteiger charge is 2.20. The molecule has 2 aromatic carbocycles. The van der Waals surface area contributed by atoms with Gasteiger partial charge in [-0.15, -0.1) is 0 Å². The molecule has 0 bridgehead atoms. The molecular weight excluding hydrogens is 358 g/mol. The van der Waals surface area contributed by atoms with Gasteiger partial charge in [0.05, 0.1) is 6.42 Å². The Morgan fingerprint density at radius 3 is 1.93 bits per heavy atom. The van der Waals surface area contributed by atoms with Crippen LogP contribution in [-0.4, -0.2) is 34.4 Å². The summed E-state index contributed by atoms with van der Waals surface area (Å²) < 4.78 is 0. The summed E-state index contributed by atoms with van der Waals surface area (Å²) in [7, 11) is 0. The molecule has 2 atom stereocenters. The van der Waals surface area contributed by atoms with Gasteiger partial charge in [0.2, 0.25) is 5.91 Å². The minimum Gasteiger partial charge on any atom is -0.399 e. The fraction of sp³-hybridized carbons (Fsp3) is 0.143. The maximum absolute atomic E-state index is 12.0. The van der Waals surface area contributed by atoms with Crippen molar-refractivity contribution >= 4 is 17.5 Å². The van der Waals surface area contributed by atoms with Gasteiger partial charge in [-0.25, -0.2) is 0 Å². The Hall–Kier alpha value is -3.78. The van der Waals surface area contributed by atoms with Crippen LogP contribution in [0.2, 0.25) is 0 Å². The van der Waals surface area contributed by atoms with Crippen molar-refractivity contribution in [3.05, 3.63) is 65.2 Å². The SMILES string of the molecule is NC(=O)CC(O)C(O)NC(=O)c1ccc(C#CC#Cc2ccc(N)cc2)cc1. The molecule has 0 spiro atoms. The number of nitrogen functional groups attached to an aromatic ring is 1. The lowest BCUT2D eigenvalue weighted by Gasteiger charge is -2.17. The van der Waals surface area contributed by atoms with E-state index in [1.807, 2.05) is 0 Å². The van der Waals surface area contributed by atoms with Crippen LogP contribution in [0.4, 0.5) is 5.69 Å². The summed E-state index contributed by atoms with van der Waals surface area (Å²) in [4.78, 5) is 22.8. The minimum absolute atomic E-state index is 0.254. The molecule has 0 fully saturated rings. The van der Waals surface area contributed by atoms with E-state index in [-0.39, 0.29) is 5.56 Å². The van der Waals surface area contributed by atoms with Crippen molar-refractivity contribution in [2.75, 3.05) is 5.73 Å². The number of aliphatic hydroxyl groups excluding tert-OH is 2. The Balaban J connectivity index is 1.95. The zero-order valence-electron chi connectivity index (χ0n) is 14.8. The van der Waals surface area contributed by atoms with E-state index < -0.39 is 30.6 Å². The third-order valence-corrected chi connectivity index (χ3v) is 3.59. The van der Waals surface area contributed by atoms with Crippen molar-refractivity contribution in [1.82, 2.24) is 5.32 Å². The molecule has 2 amide bonds. The number of rotatable bonds is 5. The summed E-state index contributed by atoms with van der Waals surface area (Å²) in [6.45, 7) is 0. The number of hydrogen-bond donors (Lipinski definition) is 5. The predicted molar refractivity (Wildman–Crippen MR) is 104 cm³/mol. The van der Waals surface area contributed by atoms with Crippen molar-refractivity contribution in [3.63, 3.8) is 0 Å². The highest BCUT2D eigenvalue weighted by atomic mass is 16.3. The number of hydrogen-bond acceptors (Lipinski definition) is 5. The van der Waals surface area contributed by atoms with E-state index in [0.717, 1.165) is 5.56 Å². The largest absolute Gasteiger partial charge is 0.399 e. The molecule has 0 aliphatic rings. The first kappa shape index (κ1) is 20.5. The second-order valence-electron chi connectivity index (χ2n) is 5.86. The fourth-order valence-corrected chi connectivity index (χ4v) is 2.11. The first-order valence-corrected chi connectivity index (χ1v) is 8.28. The number of anilines is 1. The summed E-state index contributed by atoms with van der Waals surface area (Å²) in [5.74, 6) is 9.79. The lowest BCUT2D eigenvalue weighted by Crippen LogP contribution is -2.44. The molecule has 28 heavy (non-hydrogen) atoms. The maximum Gasteiger partial charge on any atom is 0.253 e. The van der Waals surface area contributed by atoms with E-state index in [1.165, 1.54) is 12.1 Å². The van der Waals surface area contributed by atoms with E-state index in [4.69, 9.17) is 11.5 Å². The third-order valence-electron chi connectivity index (χ3n) is 3.59. The smallest absolute Gasteiger partial charge is 0.253 e. The molecule has 2 rings (SSSR count). The first-order chi connectivity index (χ1) is 13.3. The van der Waals surface area contributed by atoms with E-state index >= 15 is 0 Å². The van der Waals surface area contributed by atoms with Crippen LogP contribution in [0.3, 0.4) is 0 Å². The Morgan fingerprint density at radius 1 is 0.929 bits per heavy atom. The van der Waals surface area contributed by atoms with Gasteiger partial charge in [0.25, 0.3) is 5.91 Å². The Morgan fingerprint density at radius 2 is 1.43 bits per heavy atom. The Kier molecular flexibility index (Phi) is 7.18. The van der Waals surface area contributed by atoms with Crippen LogP contribution in [0.5, 0.6) is 0 Å². The number of carbonyl (C=O) groups excluding carboxylic acids is 2. The van der Waals surface area contributed by atoms with Crippen molar-refractivity contribution in [3.8, 4) is 23.7 Å². The molecular formula is C21H19N3O4. The van der Waals surface area contributed by atoms with Crippen LogP contribution in [0, 0.1) is 23.7 Å². The second-order valence-corrected chi connectivity index (χ2v) is 5.86. The average Bonchev–Trinajstić information content (AvgIpc) is 2.66. The molecule has 2 unspecified atom stereocenters.